The van der Waals surface area contributed by atoms with Crippen LogP contribution in [0.15, 0.2) is 22.7 Å². The first kappa shape index (κ1) is 17.5. The van der Waals surface area contributed by atoms with Crippen molar-refractivity contribution in [1.29, 1.82) is 0 Å². The summed E-state index contributed by atoms with van der Waals surface area (Å²) in [7, 11) is 2.12. The normalized spacial score (nSPS) is 11.2. The molecule has 1 aromatic carbocycles. The van der Waals surface area contributed by atoms with Crippen molar-refractivity contribution in [1.82, 2.24) is 10.2 Å². The maximum absolute atomic E-state index is 11.9. The third-order valence-electron chi connectivity index (χ3n) is 3.29. The van der Waals surface area contributed by atoms with Gasteiger partial charge in [-0.05, 0) is 74.4 Å². The lowest BCUT2D eigenvalue weighted by Gasteiger charge is -2.20. The van der Waals surface area contributed by atoms with E-state index in [0.717, 1.165) is 23.9 Å². The number of hydrogen-bond acceptors (Lipinski definition) is 2. The van der Waals surface area contributed by atoms with E-state index >= 15 is 0 Å². The molecule has 5 heteroatoms. The fourth-order valence-corrected chi connectivity index (χ4v) is 2.18. The number of carbonyl (C=O) groups excluding carboxylic acids is 1. The van der Waals surface area contributed by atoms with Gasteiger partial charge in [-0.25, -0.2) is 0 Å². The zero-order valence-electron chi connectivity index (χ0n) is 12.2. The van der Waals surface area contributed by atoms with Gasteiger partial charge < -0.3 is 10.2 Å². The molecule has 0 saturated carbocycles. The number of nitrogens with one attached hydrogen (secondary N) is 1. The van der Waals surface area contributed by atoms with Gasteiger partial charge >= 0.3 is 0 Å². The average Bonchev–Trinajstić information content (AvgIpc) is 2.40. The highest BCUT2D eigenvalue weighted by Crippen LogP contribution is 2.23. The molecule has 20 heavy (non-hydrogen) atoms. The molecular formula is C15H22BrClN2O. The van der Waals surface area contributed by atoms with E-state index in [1.165, 1.54) is 0 Å². The maximum atomic E-state index is 11.9. The van der Waals surface area contributed by atoms with Crippen LogP contribution in [0, 0.1) is 0 Å². The van der Waals surface area contributed by atoms with E-state index in [0.29, 0.717) is 23.2 Å². The molecule has 0 unspecified atom stereocenters. The Morgan fingerprint density at radius 3 is 2.70 bits per heavy atom. The van der Waals surface area contributed by atoms with E-state index in [9.17, 15) is 4.79 Å². The fourth-order valence-electron chi connectivity index (χ4n) is 1.69. The molecule has 112 valence electrons. The average molecular weight is 362 g/mol. The third kappa shape index (κ3) is 5.81. The summed E-state index contributed by atoms with van der Waals surface area (Å²) >= 11 is 9.22. The molecule has 0 aliphatic carbocycles. The smallest absolute Gasteiger partial charge is 0.251 e. The van der Waals surface area contributed by atoms with Gasteiger partial charge in [-0.1, -0.05) is 11.6 Å². The Morgan fingerprint density at radius 2 is 2.10 bits per heavy atom. The number of hydrogen-bond donors (Lipinski definition) is 1. The summed E-state index contributed by atoms with van der Waals surface area (Å²) in [6, 6.07) is 5.76. The van der Waals surface area contributed by atoms with Crippen LogP contribution in [0.25, 0.3) is 0 Å². The minimum atomic E-state index is -0.0559. The van der Waals surface area contributed by atoms with Crippen molar-refractivity contribution in [3.8, 4) is 0 Å². The summed E-state index contributed by atoms with van der Waals surface area (Å²) in [5, 5.41) is 3.54. The van der Waals surface area contributed by atoms with Crippen LogP contribution in [0.3, 0.4) is 0 Å². The molecule has 0 spiro atoms. The lowest BCUT2D eigenvalue weighted by atomic mass is 10.2. The van der Waals surface area contributed by atoms with Gasteiger partial charge in [0.25, 0.3) is 5.91 Å². The molecule has 0 fully saturated rings. The minimum Gasteiger partial charge on any atom is -0.352 e. The monoisotopic (exact) mass is 360 g/mol. The number of benzene rings is 1. The Balaban J connectivity index is 2.28. The first-order chi connectivity index (χ1) is 9.41. The summed E-state index contributed by atoms with van der Waals surface area (Å²) in [6.07, 6.45) is 2.07. The Hall–Kier alpha value is -0.580. The first-order valence-electron chi connectivity index (χ1n) is 6.85. The number of nitrogens with zero attached hydrogens (tertiary/aromatic N) is 1. The molecule has 1 rings (SSSR count). The van der Waals surface area contributed by atoms with E-state index in [1.54, 1.807) is 18.2 Å². The molecule has 0 heterocycles. The van der Waals surface area contributed by atoms with Crippen LogP contribution in [-0.4, -0.2) is 37.0 Å². The van der Waals surface area contributed by atoms with E-state index in [2.05, 4.69) is 47.0 Å². The first-order valence-corrected chi connectivity index (χ1v) is 8.02. The SMILES string of the molecule is CC(C)N(C)CCCCNC(=O)c1ccc(Cl)c(Br)c1. The lowest BCUT2D eigenvalue weighted by Crippen LogP contribution is -2.29. The van der Waals surface area contributed by atoms with E-state index < -0.39 is 0 Å². The Labute approximate surface area is 134 Å². The van der Waals surface area contributed by atoms with Crippen LogP contribution >= 0.6 is 27.5 Å². The molecule has 1 aromatic rings. The van der Waals surface area contributed by atoms with Crippen LogP contribution in [0.4, 0.5) is 0 Å². The van der Waals surface area contributed by atoms with Crippen molar-refractivity contribution in [2.45, 2.75) is 32.7 Å². The topological polar surface area (TPSA) is 32.3 Å². The Kier molecular flexibility index (Phi) is 7.56. The van der Waals surface area contributed by atoms with Crippen molar-refractivity contribution < 1.29 is 4.79 Å². The fraction of sp³-hybridized carbons (Fsp3) is 0.533. The lowest BCUT2D eigenvalue weighted by molar-refractivity contribution is 0.0952. The summed E-state index contributed by atoms with van der Waals surface area (Å²) < 4.78 is 0.741. The second kappa shape index (κ2) is 8.65. The molecule has 3 nitrogen and oxygen atoms in total. The van der Waals surface area contributed by atoms with Crippen molar-refractivity contribution in [2.24, 2.45) is 0 Å². The van der Waals surface area contributed by atoms with Gasteiger partial charge in [0.15, 0.2) is 0 Å². The summed E-state index contributed by atoms with van der Waals surface area (Å²) in [4.78, 5) is 14.2. The molecule has 0 radical (unpaired) electrons. The molecule has 1 amide bonds. The molecular weight excluding hydrogens is 340 g/mol. The number of halogens is 2. The summed E-state index contributed by atoms with van der Waals surface area (Å²) in [5.41, 5.74) is 0.626. The van der Waals surface area contributed by atoms with Crippen LogP contribution in [0.1, 0.15) is 37.0 Å². The van der Waals surface area contributed by atoms with Crippen LogP contribution in [-0.2, 0) is 0 Å². The second-order valence-electron chi connectivity index (χ2n) is 5.17. The highest BCUT2D eigenvalue weighted by atomic mass is 79.9. The van der Waals surface area contributed by atoms with Crippen LogP contribution in [0.2, 0.25) is 5.02 Å². The molecule has 0 aliphatic rings. The Morgan fingerprint density at radius 1 is 1.40 bits per heavy atom. The van der Waals surface area contributed by atoms with E-state index in [-0.39, 0.29) is 5.91 Å². The number of unbranched alkanes of at least 4 members (excludes halogenated alkanes) is 1. The highest BCUT2D eigenvalue weighted by Gasteiger charge is 2.07. The highest BCUT2D eigenvalue weighted by molar-refractivity contribution is 9.10. The summed E-state index contributed by atoms with van der Waals surface area (Å²) in [5.74, 6) is -0.0559. The second-order valence-corrected chi connectivity index (χ2v) is 6.43. The van der Waals surface area contributed by atoms with E-state index in [4.69, 9.17) is 11.6 Å². The largest absolute Gasteiger partial charge is 0.352 e. The predicted octanol–water partition coefficient (Wildman–Crippen LogP) is 3.95. The van der Waals surface area contributed by atoms with Crippen LogP contribution < -0.4 is 5.32 Å². The van der Waals surface area contributed by atoms with Gasteiger partial charge in [0.05, 0.1) is 5.02 Å². The zero-order chi connectivity index (χ0) is 15.1. The van der Waals surface area contributed by atoms with Crippen molar-refractivity contribution >= 4 is 33.4 Å². The minimum absolute atomic E-state index is 0.0559. The quantitative estimate of drug-likeness (QED) is 0.746. The van der Waals surface area contributed by atoms with Crippen LogP contribution in [0.5, 0.6) is 0 Å². The standard InChI is InChI=1S/C15H22BrClN2O/c1-11(2)19(3)9-5-4-8-18-15(20)12-6-7-14(17)13(16)10-12/h6-7,10-11H,4-5,8-9H2,1-3H3,(H,18,20). The molecule has 0 atom stereocenters. The van der Waals surface area contributed by atoms with Crippen molar-refractivity contribution in [3.05, 3.63) is 33.3 Å². The van der Waals surface area contributed by atoms with Crippen molar-refractivity contribution in [3.63, 3.8) is 0 Å². The molecule has 0 aromatic heterocycles. The van der Waals surface area contributed by atoms with Gasteiger partial charge in [-0.15, -0.1) is 0 Å². The third-order valence-corrected chi connectivity index (χ3v) is 4.50. The predicted molar refractivity (Wildman–Crippen MR) is 88.5 cm³/mol. The van der Waals surface area contributed by atoms with E-state index in [1.807, 2.05) is 0 Å². The van der Waals surface area contributed by atoms with Crippen molar-refractivity contribution in [2.75, 3.05) is 20.1 Å². The van der Waals surface area contributed by atoms with Gasteiger partial charge in [0, 0.05) is 22.6 Å². The molecule has 1 N–H and O–H groups in total. The molecule has 0 bridgehead atoms. The van der Waals surface area contributed by atoms with Gasteiger partial charge in [0.1, 0.15) is 0 Å². The summed E-state index contributed by atoms with van der Waals surface area (Å²) in [6.45, 7) is 6.12. The zero-order valence-corrected chi connectivity index (χ0v) is 14.6. The number of carbonyl (C=O) groups is 1. The maximum Gasteiger partial charge on any atom is 0.251 e. The van der Waals surface area contributed by atoms with Gasteiger partial charge in [-0.2, -0.15) is 0 Å². The van der Waals surface area contributed by atoms with Gasteiger partial charge in [-0.3, -0.25) is 4.79 Å². The molecule has 0 saturated heterocycles. The molecule has 0 aliphatic heterocycles. The van der Waals surface area contributed by atoms with Gasteiger partial charge in [0.2, 0.25) is 0 Å². The number of amides is 1. The number of rotatable bonds is 7. The Bertz CT molecular complexity index is 451.